The number of anilines is 1. The minimum atomic E-state index is 0.245. The van der Waals surface area contributed by atoms with Gasteiger partial charge in [0.05, 0.1) is 23.4 Å². The molecule has 0 amide bonds. The summed E-state index contributed by atoms with van der Waals surface area (Å²) >= 11 is 7.74. The van der Waals surface area contributed by atoms with Crippen molar-refractivity contribution < 1.29 is 9.53 Å². The third-order valence-electron chi connectivity index (χ3n) is 3.94. The lowest BCUT2D eigenvalue weighted by atomic mass is 10.1. The molecule has 0 bridgehead atoms. The molecule has 0 spiro atoms. The van der Waals surface area contributed by atoms with Gasteiger partial charge in [-0.1, -0.05) is 18.2 Å². The van der Waals surface area contributed by atoms with Gasteiger partial charge < -0.3 is 9.64 Å². The molecular weight excluding hydrogens is 346 g/mol. The molecular formula is C17H14ClN3O2S. The molecule has 1 saturated heterocycles. The normalized spacial score (nSPS) is 15.0. The van der Waals surface area contributed by atoms with Gasteiger partial charge in [-0.2, -0.15) is 4.98 Å². The van der Waals surface area contributed by atoms with E-state index in [9.17, 15) is 4.79 Å². The second kappa shape index (κ2) is 6.47. The first kappa shape index (κ1) is 15.5. The Labute approximate surface area is 147 Å². The monoisotopic (exact) mass is 359 g/mol. The first-order chi connectivity index (χ1) is 11.7. The molecule has 0 atom stereocenters. The van der Waals surface area contributed by atoms with Crippen molar-refractivity contribution in [1.82, 2.24) is 9.97 Å². The number of aldehydes is 1. The van der Waals surface area contributed by atoms with Crippen LogP contribution in [-0.4, -0.2) is 42.6 Å². The molecule has 0 N–H and O–H groups in total. The SMILES string of the molecule is O=Cc1cccc(-c2cc3nc(Cl)nc(N4CCOCC4)c3s2)c1. The van der Waals surface area contributed by atoms with E-state index in [1.807, 2.05) is 24.3 Å². The molecule has 1 fully saturated rings. The molecule has 3 heterocycles. The summed E-state index contributed by atoms with van der Waals surface area (Å²) in [5.41, 5.74) is 2.47. The van der Waals surface area contributed by atoms with Crippen LogP contribution in [0.2, 0.25) is 5.28 Å². The quantitative estimate of drug-likeness (QED) is 0.527. The Kier molecular flexibility index (Phi) is 4.18. The van der Waals surface area contributed by atoms with Crippen LogP contribution in [-0.2, 0) is 4.74 Å². The van der Waals surface area contributed by atoms with Crippen molar-refractivity contribution in [2.45, 2.75) is 0 Å². The second-order valence-electron chi connectivity index (χ2n) is 5.48. The molecule has 0 unspecified atom stereocenters. The molecule has 24 heavy (non-hydrogen) atoms. The van der Waals surface area contributed by atoms with E-state index in [1.54, 1.807) is 17.4 Å². The maximum atomic E-state index is 11.0. The van der Waals surface area contributed by atoms with Crippen LogP contribution in [0, 0.1) is 0 Å². The third kappa shape index (κ3) is 2.88. The number of benzene rings is 1. The topological polar surface area (TPSA) is 55.3 Å². The minimum Gasteiger partial charge on any atom is -0.378 e. The van der Waals surface area contributed by atoms with Gasteiger partial charge in [0, 0.05) is 23.5 Å². The summed E-state index contributed by atoms with van der Waals surface area (Å²) in [6.45, 7) is 2.94. The maximum Gasteiger partial charge on any atom is 0.224 e. The van der Waals surface area contributed by atoms with Crippen molar-refractivity contribution in [3.05, 3.63) is 41.2 Å². The number of ether oxygens (including phenoxy) is 1. The van der Waals surface area contributed by atoms with Crippen LogP contribution in [0.3, 0.4) is 0 Å². The number of nitrogens with zero attached hydrogens (tertiary/aromatic N) is 3. The summed E-state index contributed by atoms with van der Waals surface area (Å²) in [5, 5.41) is 0.245. The second-order valence-corrected chi connectivity index (χ2v) is 6.87. The molecule has 4 rings (SSSR count). The predicted octanol–water partition coefficient (Wildman–Crippen LogP) is 3.66. The van der Waals surface area contributed by atoms with Gasteiger partial charge in [-0.3, -0.25) is 4.79 Å². The Hall–Kier alpha value is -2.02. The van der Waals surface area contributed by atoms with Gasteiger partial charge in [0.25, 0.3) is 0 Å². The third-order valence-corrected chi connectivity index (χ3v) is 5.28. The first-order valence-corrected chi connectivity index (χ1v) is 8.79. The van der Waals surface area contributed by atoms with Gasteiger partial charge in [-0.05, 0) is 29.3 Å². The number of carbonyl (C=O) groups excluding carboxylic acids is 1. The number of aromatic nitrogens is 2. The van der Waals surface area contributed by atoms with Crippen molar-refractivity contribution >= 4 is 45.3 Å². The van der Waals surface area contributed by atoms with E-state index in [2.05, 4.69) is 14.9 Å². The van der Waals surface area contributed by atoms with Crippen molar-refractivity contribution in [1.29, 1.82) is 0 Å². The number of carbonyl (C=O) groups is 1. The fourth-order valence-corrected chi connectivity index (χ4v) is 4.07. The molecule has 0 saturated carbocycles. The van der Waals surface area contributed by atoms with Crippen molar-refractivity contribution in [3.63, 3.8) is 0 Å². The summed E-state index contributed by atoms with van der Waals surface area (Å²) in [6.07, 6.45) is 0.854. The average Bonchev–Trinajstić information content (AvgIpc) is 3.05. The van der Waals surface area contributed by atoms with Crippen molar-refractivity contribution in [2.24, 2.45) is 0 Å². The van der Waals surface area contributed by atoms with Gasteiger partial charge >= 0.3 is 0 Å². The number of rotatable bonds is 3. The van der Waals surface area contributed by atoms with Gasteiger partial charge in [-0.15, -0.1) is 11.3 Å². The highest BCUT2D eigenvalue weighted by atomic mass is 35.5. The van der Waals surface area contributed by atoms with E-state index < -0.39 is 0 Å². The molecule has 1 aromatic carbocycles. The van der Waals surface area contributed by atoms with Gasteiger partial charge in [-0.25, -0.2) is 4.98 Å². The van der Waals surface area contributed by atoms with Crippen LogP contribution in [0.1, 0.15) is 10.4 Å². The zero-order valence-electron chi connectivity index (χ0n) is 12.7. The van der Waals surface area contributed by atoms with Crippen LogP contribution in [0.15, 0.2) is 30.3 Å². The number of halogens is 1. The number of fused-ring (bicyclic) bond motifs is 1. The standard InChI is InChI=1S/C17H14ClN3O2S/c18-17-19-13-9-14(12-3-1-2-11(8-12)10-22)24-15(13)16(20-17)21-4-6-23-7-5-21/h1-3,8-10H,4-7H2. The summed E-state index contributed by atoms with van der Waals surface area (Å²) in [4.78, 5) is 23.0. The highest BCUT2D eigenvalue weighted by Gasteiger charge is 2.19. The molecule has 2 aromatic heterocycles. The smallest absolute Gasteiger partial charge is 0.224 e. The Morgan fingerprint density at radius 1 is 1.21 bits per heavy atom. The minimum absolute atomic E-state index is 0.245. The van der Waals surface area contributed by atoms with Crippen LogP contribution in [0.4, 0.5) is 5.82 Å². The summed E-state index contributed by atoms with van der Waals surface area (Å²) < 4.78 is 6.42. The predicted molar refractivity (Wildman–Crippen MR) is 96.3 cm³/mol. The number of thiophene rings is 1. The molecule has 0 aliphatic carbocycles. The Morgan fingerprint density at radius 3 is 2.83 bits per heavy atom. The lowest BCUT2D eigenvalue weighted by molar-refractivity contribution is 0.112. The van der Waals surface area contributed by atoms with Crippen LogP contribution >= 0.6 is 22.9 Å². The lowest BCUT2D eigenvalue weighted by Gasteiger charge is -2.28. The van der Waals surface area contributed by atoms with E-state index >= 15 is 0 Å². The maximum absolute atomic E-state index is 11.0. The fourth-order valence-electron chi connectivity index (χ4n) is 2.78. The number of morpholine rings is 1. The van der Waals surface area contributed by atoms with E-state index in [1.165, 1.54) is 0 Å². The van der Waals surface area contributed by atoms with Gasteiger partial charge in [0.2, 0.25) is 5.28 Å². The summed E-state index contributed by atoms with van der Waals surface area (Å²) in [6, 6.07) is 9.54. The molecule has 3 aromatic rings. The summed E-state index contributed by atoms with van der Waals surface area (Å²) in [5.74, 6) is 0.857. The molecule has 0 radical (unpaired) electrons. The molecule has 1 aliphatic heterocycles. The molecule has 1 aliphatic rings. The van der Waals surface area contributed by atoms with E-state index in [0.29, 0.717) is 18.8 Å². The van der Waals surface area contributed by atoms with E-state index in [4.69, 9.17) is 16.3 Å². The largest absolute Gasteiger partial charge is 0.378 e. The fraction of sp³-hybridized carbons (Fsp3) is 0.235. The highest BCUT2D eigenvalue weighted by Crippen LogP contribution is 2.38. The average molecular weight is 360 g/mol. The zero-order valence-corrected chi connectivity index (χ0v) is 14.3. The van der Waals surface area contributed by atoms with Crippen LogP contribution < -0.4 is 4.90 Å². The van der Waals surface area contributed by atoms with Gasteiger partial charge in [0.1, 0.15) is 6.29 Å². The number of hydrogen-bond acceptors (Lipinski definition) is 6. The number of hydrogen-bond donors (Lipinski definition) is 0. The highest BCUT2D eigenvalue weighted by molar-refractivity contribution is 7.22. The van der Waals surface area contributed by atoms with Crippen LogP contribution in [0.5, 0.6) is 0 Å². The van der Waals surface area contributed by atoms with E-state index in [0.717, 1.165) is 45.9 Å². The van der Waals surface area contributed by atoms with Crippen molar-refractivity contribution in [2.75, 3.05) is 31.2 Å². The molecule has 5 nitrogen and oxygen atoms in total. The van der Waals surface area contributed by atoms with E-state index in [-0.39, 0.29) is 5.28 Å². The molecule has 7 heteroatoms. The van der Waals surface area contributed by atoms with Crippen LogP contribution in [0.25, 0.3) is 20.7 Å². The first-order valence-electron chi connectivity index (χ1n) is 7.60. The zero-order chi connectivity index (χ0) is 16.5. The van der Waals surface area contributed by atoms with Gasteiger partial charge in [0.15, 0.2) is 5.82 Å². The lowest BCUT2D eigenvalue weighted by Crippen LogP contribution is -2.36. The molecule has 122 valence electrons. The Balaban J connectivity index is 1.83. The Morgan fingerprint density at radius 2 is 2.04 bits per heavy atom. The Bertz CT molecular complexity index is 906. The van der Waals surface area contributed by atoms with Crippen molar-refractivity contribution in [3.8, 4) is 10.4 Å². The summed E-state index contributed by atoms with van der Waals surface area (Å²) in [7, 11) is 0.